The predicted octanol–water partition coefficient (Wildman–Crippen LogP) is 8.44. The van der Waals surface area contributed by atoms with Gasteiger partial charge in [0.2, 0.25) is 0 Å². The van der Waals surface area contributed by atoms with Crippen LogP contribution in [0.15, 0.2) is 11.6 Å². The molecular formula is C32H52O2. The molecule has 4 aliphatic carbocycles. The van der Waals surface area contributed by atoms with Crippen LogP contribution in [0.3, 0.4) is 0 Å². The molecule has 192 valence electrons. The third-order valence-corrected chi connectivity index (χ3v) is 12.2. The van der Waals surface area contributed by atoms with Gasteiger partial charge in [-0.2, -0.15) is 0 Å². The van der Waals surface area contributed by atoms with Gasteiger partial charge in [0.25, 0.3) is 0 Å². The molecule has 0 spiro atoms. The van der Waals surface area contributed by atoms with Crippen molar-refractivity contribution in [2.75, 3.05) is 0 Å². The Morgan fingerprint density at radius 2 is 1.62 bits per heavy atom. The van der Waals surface area contributed by atoms with Crippen molar-refractivity contribution in [3.05, 3.63) is 11.6 Å². The van der Waals surface area contributed by atoms with Crippen LogP contribution in [0.4, 0.5) is 0 Å². The second-order valence-electron chi connectivity index (χ2n) is 15.6. The van der Waals surface area contributed by atoms with Gasteiger partial charge < -0.3 is 0 Å². The molecule has 4 rings (SSSR count). The molecule has 3 fully saturated rings. The number of ketones is 2. The van der Waals surface area contributed by atoms with Crippen LogP contribution in [0, 0.1) is 56.7 Å². The Kier molecular flexibility index (Phi) is 6.18. The van der Waals surface area contributed by atoms with E-state index >= 15 is 0 Å². The average molecular weight is 469 g/mol. The maximum atomic E-state index is 13.6. The van der Waals surface area contributed by atoms with E-state index in [1.165, 1.54) is 24.8 Å². The third kappa shape index (κ3) is 3.71. The summed E-state index contributed by atoms with van der Waals surface area (Å²) in [5.41, 5.74) is 1.54. The Labute approximate surface area is 210 Å². The monoisotopic (exact) mass is 468 g/mol. The van der Waals surface area contributed by atoms with Gasteiger partial charge in [0.05, 0.1) is 0 Å². The highest BCUT2D eigenvalue weighted by molar-refractivity contribution is 5.95. The molecular weight excluding hydrogens is 416 g/mol. The topological polar surface area (TPSA) is 34.1 Å². The largest absolute Gasteiger partial charge is 0.299 e. The summed E-state index contributed by atoms with van der Waals surface area (Å²) in [6, 6.07) is 0. The maximum absolute atomic E-state index is 13.6. The van der Waals surface area contributed by atoms with Gasteiger partial charge in [0.15, 0.2) is 5.78 Å². The van der Waals surface area contributed by atoms with Crippen LogP contribution in [-0.4, -0.2) is 11.6 Å². The van der Waals surface area contributed by atoms with E-state index in [9.17, 15) is 9.59 Å². The van der Waals surface area contributed by atoms with E-state index < -0.39 is 0 Å². The number of carbonyl (C=O) groups is 2. The lowest BCUT2D eigenvalue weighted by molar-refractivity contribution is -0.139. The van der Waals surface area contributed by atoms with Crippen LogP contribution >= 0.6 is 0 Å². The molecule has 0 aliphatic heterocycles. The smallest absolute Gasteiger partial charge is 0.159 e. The first kappa shape index (κ1) is 26.2. The molecule has 0 aromatic heterocycles. The van der Waals surface area contributed by atoms with Gasteiger partial charge in [0.1, 0.15) is 5.78 Å². The van der Waals surface area contributed by atoms with E-state index in [1.54, 1.807) is 0 Å². The number of hydrogen-bond donors (Lipinski definition) is 0. The minimum Gasteiger partial charge on any atom is -0.299 e. The van der Waals surface area contributed by atoms with Crippen LogP contribution in [0.25, 0.3) is 0 Å². The molecule has 0 radical (unpaired) electrons. The first-order chi connectivity index (χ1) is 15.5. The van der Waals surface area contributed by atoms with Gasteiger partial charge in [-0.25, -0.2) is 0 Å². The summed E-state index contributed by atoms with van der Waals surface area (Å²) in [4.78, 5) is 27.2. The lowest BCUT2D eigenvalue weighted by Crippen LogP contribution is -2.56. The summed E-state index contributed by atoms with van der Waals surface area (Å²) in [6.45, 7) is 23.3. The summed E-state index contributed by atoms with van der Waals surface area (Å²) in [5, 5.41) is 0. The molecule has 0 bridgehead atoms. The third-order valence-electron chi connectivity index (χ3n) is 12.2. The van der Waals surface area contributed by atoms with Crippen molar-refractivity contribution in [3.8, 4) is 0 Å². The Bertz CT molecular complexity index is 887. The molecule has 8 atom stereocenters. The first-order valence-corrected chi connectivity index (χ1v) is 14.3. The lowest BCUT2D eigenvalue weighted by Gasteiger charge is -2.62. The fraction of sp³-hybridized carbons (Fsp3) is 0.875. The van der Waals surface area contributed by atoms with Crippen molar-refractivity contribution < 1.29 is 9.59 Å². The van der Waals surface area contributed by atoms with Crippen molar-refractivity contribution in [2.45, 2.75) is 121 Å². The highest BCUT2D eigenvalue weighted by atomic mass is 16.1. The number of hydrogen-bond acceptors (Lipinski definition) is 2. The average Bonchev–Trinajstić information content (AvgIpc) is 3.00. The number of Topliss-reactive ketones (excluding diaryl/α,β-unsaturated/α-hetero) is 1. The normalized spacial score (nSPS) is 44.7. The van der Waals surface area contributed by atoms with Crippen molar-refractivity contribution >= 4 is 11.6 Å². The molecule has 2 nitrogen and oxygen atoms in total. The van der Waals surface area contributed by atoms with Crippen LogP contribution in [-0.2, 0) is 9.59 Å². The Balaban J connectivity index is 1.67. The summed E-state index contributed by atoms with van der Waals surface area (Å²) in [7, 11) is 0. The highest BCUT2D eigenvalue weighted by Gasteiger charge is 2.66. The summed E-state index contributed by atoms with van der Waals surface area (Å²) >= 11 is 0. The number of fused-ring (bicyclic) bond motifs is 5. The Morgan fingerprint density at radius 3 is 2.24 bits per heavy atom. The van der Waals surface area contributed by atoms with Crippen molar-refractivity contribution in [1.82, 2.24) is 0 Å². The van der Waals surface area contributed by atoms with Crippen LogP contribution in [0.2, 0.25) is 0 Å². The Morgan fingerprint density at radius 1 is 0.971 bits per heavy atom. The Hall–Kier alpha value is -0.920. The van der Waals surface area contributed by atoms with Gasteiger partial charge in [-0.1, -0.05) is 74.8 Å². The standard InChI is InChI=1S/C32H52O2/c1-20-17-24-25(33)18-23-22(30(24,8)19-21(20)2)11-15-32(10)26(12-16-31(23,32)9)29(6,7)27(34)13-14-28(3,4)5/h18,20-22,24,26H,11-17,19H2,1-10H3/t20-,21+,22?,24+,26-,30-,31+,32-/m1/s1. The van der Waals surface area contributed by atoms with Crippen LogP contribution < -0.4 is 0 Å². The number of allylic oxidation sites excluding steroid dienone is 2. The summed E-state index contributed by atoms with van der Waals surface area (Å²) in [6.07, 6.45) is 10.6. The fourth-order valence-corrected chi connectivity index (χ4v) is 9.43. The number of rotatable bonds is 4. The van der Waals surface area contributed by atoms with E-state index in [0.717, 1.165) is 25.7 Å². The zero-order chi connectivity index (χ0) is 25.5. The highest BCUT2D eigenvalue weighted by Crippen LogP contribution is 2.73. The molecule has 4 aliphatic rings. The second-order valence-corrected chi connectivity index (χ2v) is 15.6. The summed E-state index contributed by atoms with van der Waals surface area (Å²) in [5.74, 6) is 3.28. The van der Waals surface area contributed by atoms with Crippen molar-refractivity contribution in [2.24, 2.45) is 56.7 Å². The van der Waals surface area contributed by atoms with Gasteiger partial charge in [-0.05, 0) is 96.4 Å². The predicted molar refractivity (Wildman–Crippen MR) is 141 cm³/mol. The molecule has 0 amide bonds. The van der Waals surface area contributed by atoms with E-state index in [2.05, 4.69) is 75.3 Å². The zero-order valence-corrected chi connectivity index (χ0v) is 23.9. The molecule has 0 N–H and O–H groups in total. The lowest BCUT2D eigenvalue weighted by atomic mass is 9.42. The first-order valence-electron chi connectivity index (χ1n) is 14.3. The van der Waals surface area contributed by atoms with Crippen molar-refractivity contribution in [3.63, 3.8) is 0 Å². The van der Waals surface area contributed by atoms with Crippen LogP contribution in [0.5, 0.6) is 0 Å². The van der Waals surface area contributed by atoms with E-state index in [-0.39, 0.29) is 33.0 Å². The van der Waals surface area contributed by atoms with E-state index in [1.807, 2.05) is 0 Å². The molecule has 0 aromatic rings. The molecule has 0 heterocycles. The zero-order valence-electron chi connectivity index (χ0n) is 23.9. The quantitative estimate of drug-likeness (QED) is 0.415. The maximum Gasteiger partial charge on any atom is 0.159 e. The molecule has 2 heteroatoms. The van der Waals surface area contributed by atoms with Gasteiger partial charge >= 0.3 is 0 Å². The van der Waals surface area contributed by atoms with Gasteiger partial charge in [-0.15, -0.1) is 0 Å². The minimum atomic E-state index is -0.314. The SMILES string of the molecule is C[C@@H]1C[C@H]2C(=O)C=C3C(CC[C@]4(C)[C@@H](C(C)(C)C(=O)CCC(C)(C)C)CC[C@@]34C)[C@@]2(C)C[C@@H]1C. The summed E-state index contributed by atoms with van der Waals surface area (Å²) < 4.78 is 0. The number of carbonyl (C=O) groups excluding carboxylic acids is 2. The molecule has 0 saturated heterocycles. The second kappa shape index (κ2) is 8.04. The van der Waals surface area contributed by atoms with E-state index in [4.69, 9.17) is 0 Å². The fourth-order valence-electron chi connectivity index (χ4n) is 9.43. The van der Waals surface area contributed by atoms with Gasteiger partial charge in [-0.3, -0.25) is 9.59 Å². The minimum absolute atomic E-state index is 0.0259. The molecule has 1 unspecified atom stereocenters. The van der Waals surface area contributed by atoms with Gasteiger partial charge in [0, 0.05) is 17.8 Å². The molecule has 3 saturated carbocycles. The molecule has 0 aromatic carbocycles. The van der Waals surface area contributed by atoms with E-state index in [0.29, 0.717) is 41.7 Å². The van der Waals surface area contributed by atoms with Crippen LogP contribution in [0.1, 0.15) is 121 Å². The molecule has 34 heavy (non-hydrogen) atoms. The van der Waals surface area contributed by atoms with Crippen molar-refractivity contribution in [1.29, 1.82) is 0 Å².